The third kappa shape index (κ3) is 2.94. The lowest BCUT2D eigenvalue weighted by molar-refractivity contribution is 0.0649. The standard InChI is InChI=1S/C18H22N2O/c1-18(16-7-3-2-4-8-16)14-19-10-11-20(18)13-15-6-5-9-17(21)12-15/h2-9,12,19,21H,10-11,13-14H2,1H3. The second kappa shape index (κ2) is 5.88. The zero-order valence-corrected chi connectivity index (χ0v) is 12.4. The second-order valence-electron chi connectivity index (χ2n) is 5.91. The molecule has 110 valence electrons. The van der Waals surface area contributed by atoms with Gasteiger partial charge in [-0.15, -0.1) is 0 Å². The van der Waals surface area contributed by atoms with Crippen molar-refractivity contribution in [2.24, 2.45) is 0 Å². The summed E-state index contributed by atoms with van der Waals surface area (Å²) >= 11 is 0. The Morgan fingerprint density at radius 1 is 1.14 bits per heavy atom. The largest absolute Gasteiger partial charge is 0.508 e. The summed E-state index contributed by atoms with van der Waals surface area (Å²) in [6.45, 7) is 6.08. The molecule has 0 amide bonds. The molecule has 1 unspecified atom stereocenters. The number of hydrogen-bond donors (Lipinski definition) is 2. The van der Waals surface area contributed by atoms with Crippen molar-refractivity contribution in [1.29, 1.82) is 0 Å². The van der Waals surface area contributed by atoms with Crippen molar-refractivity contribution in [3.8, 4) is 5.75 Å². The number of hydrogen-bond acceptors (Lipinski definition) is 3. The average molecular weight is 282 g/mol. The van der Waals surface area contributed by atoms with Crippen LogP contribution in [0.1, 0.15) is 18.1 Å². The molecule has 0 aliphatic carbocycles. The summed E-state index contributed by atoms with van der Waals surface area (Å²) in [7, 11) is 0. The fourth-order valence-electron chi connectivity index (χ4n) is 3.11. The molecule has 1 saturated heterocycles. The van der Waals surface area contributed by atoms with Crippen molar-refractivity contribution in [3.05, 3.63) is 65.7 Å². The van der Waals surface area contributed by atoms with Crippen molar-refractivity contribution >= 4 is 0 Å². The van der Waals surface area contributed by atoms with Crippen LogP contribution in [0.2, 0.25) is 0 Å². The number of phenolic OH excluding ortho intramolecular Hbond substituents is 1. The molecule has 1 aliphatic rings. The van der Waals surface area contributed by atoms with Gasteiger partial charge in [-0.25, -0.2) is 0 Å². The van der Waals surface area contributed by atoms with Crippen LogP contribution in [-0.4, -0.2) is 29.6 Å². The predicted octanol–water partition coefficient (Wildman–Crippen LogP) is 2.71. The number of phenols is 1. The summed E-state index contributed by atoms with van der Waals surface area (Å²) < 4.78 is 0. The third-order valence-electron chi connectivity index (χ3n) is 4.41. The lowest BCUT2D eigenvalue weighted by Crippen LogP contribution is -2.56. The Balaban J connectivity index is 1.88. The van der Waals surface area contributed by atoms with Crippen molar-refractivity contribution in [2.75, 3.05) is 19.6 Å². The zero-order valence-electron chi connectivity index (χ0n) is 12.4. The summed E-state index contributed by atoms with van der Waals surface area (Å²) in [5.41, 5.74) is 2.46. The molecular weight excluding hydrogens is 260 g/mol. The first kappa shape index (κ1) is 14.1. The van der Waals surface area contributed by atoms with Gasteiger partial charge >= 0.3 is 0 Å². The van der Waals surface area contributed by atoms with Crippen LogP contribution in [0.4, 0.5) is 0 Å². The lowest BCUT2D eigenvalue weighted by Gasteiger charge is -2.45. The number of aromatic hydroxyl groups is 1. The van der Waals surface area contributed by atoms with Gasteiger partial charge in [0, 0.05) is 26.2 Å². The number of rotatable bonds is 3. The molecule has 1 fully saturated rings. The molecule has 1 atom stereocenters. The van der Waals surface area contributed by atoms with E-state index in [0.29, 0.717) is 5.75 Å². The van der Waals surface area contributed by atoms with E-state index >= 15 is 0 Å². The quantitative estimate of drug-likeness (QED) is 0.908. The Labute approximate surface area is 126 Å². The first-order valence-corrected chi connectivity index (χ1v) is 7.48. The van der Waals surface area contributed by atoms with Gasteiger partial charge in [-0.3, -0.25) is 4.90 Å². The summed E-state index contributed by atoms with van der Waals surface area (Å²) in [6.07, 6.45) is 0. The van der Waals surface area contributed by atoms with Gasteiger partial charge in [-0.2, -0.15) is 0 Å². The Bertz CT molecular complexity index is 599. The minimum atomic E-state index is -0.0228. The fraction of sp³-hybridized carbons (Fsp3) is 0.333. The van der Waals surface area contributed by atoms with Crippen LogP contribution in [0.15, 0.2) is 54.6 Å². The van der Waals surface area contributed by atoms with Crippen LogP contribution in [0.25, 0.3) is 0 Å². The summed E-state index contributed by atoms with van der Waals surface area (Å²) in [6, 6.07) is 18.2. The first-order chi connectivity index (χ1) is 10.2. The molecule has 2 N–H and O–H groups in total. The SMILES string of the molecule is CC1(c2ccccc2)CNCCN1Cc1cccc(O)c1. The number of nitrogens with one attached hydrogen (secondary N) is 1. The molecule has 1 heterocycles. The summed E-state index contributed by atoms with van der Waals surface area (Å²) in [5.74, 6) is 0.337. The Kier molecular flexibility index (Phi) is 3.95. The molecule has 0 radical (unpaired) electrons. The fourth-order valence-corrected chi connectivity index (χ4v) is 3.11. The molecule has 21 heavy (non-hydrogen) atoms. The van der Waals surface area contributed by atoms with E-state index in [1.807, 2.05) is 12.1 Å². The van der Waals surface area contributed by atoms with Crippen LogP contribution in [0, 0.1) is 0 Å². The minimum absolute atomic E-state index is 0.0228. The highest BCUT2D eigenvalue weighted by atomic mass is 16.3. The molecule has 3 heteroatoms. The van der Waals surface area contributed by atoms with Crippen LogP contribution in [0.5, 0.6) is 5.75 Å². The van der Waals surface area contributed by atoms with Crippen molar-refractivity contribution < 1.29 is 5.11 Å². The average Bonchev–Trinajstić information content (AvgIpc) is 2.51. The maximum Gasteiger partial charge on any atom is 0.115 e. The molecule has 3 nitrogen and oxygen atoms in total. The highest BCUT2D eigenvalue weighted by molar-refractivity contribution is 5.29. The molecule has 0 saturated carbocycles. The van der Waals surface area contributed by atoms with Gasteiger partial charge in [-0.1, -0.05) is 42.5 Å². The highest BCUT2D eigenvalue weighted by Gasteiger charge is 2.35. The van der Waals surface area contributed by atoms with Crippen LogP contribution >= 0.6 is 0 Å². The van der Waals surface area contributed by atoms with Gasteiger partial charge < -0.3 is 10.4 Å². The molecule has 3 rings (SSSR count). The smallest absolute Gasteiger partial charge is 0.115 e. The molecule has 1 aliphatic heterocycles. The molecular formula is C18H22N2O. The van der Waals surface area contributed by atoms with Gasteiger partial charge in [0.25, 0.3) is 0 Å². The van der Waals surface area contributed by atoms with E-state index in [9.17, 15) is 5.11 Å². The zero-order chi connectivity index (χ0) is 14.7. The topological polar surface area (TPSA) is 35.5 Å². The van der Waals surface area contributed by atoms with E-state index in [1.54, 1.807) is 6.07 Å². The maximum absolute atomic E-state index is 9.66. The van der Waals surface area contributed by atoms with Crippen molar-refractivity contribution in [3.63, 3.8) is 0 Å². The van der Waals surface area contributed by atoms with E-state index in [0.717, 1.165) is 31.7 Å². The van der Waals surface area contributed by atoms with Gasteiger partial charge in [0.1, 0.15) is 5.75 Å². The Hall–Kier alpha value is -1.84. The number of piperazine rings is 1. The Morgan fingerprint density at radius 3 is 2.71 bits per heavy atom. The second-order valence-corrected chi connectivity index (χ2v) is 5.91. The van der Waals surface area contributed by atoms with Gasteiger partial charge in [0.15, 0.2) is 0 Å². The molecule has 0 aromatic heterocycles. The van der Waals surface area contributed by atoms with Crippen LogP contribution in [0.3, 0.4) is 0 Å². The highest BCUT2D eigenvalue weighted by Crippen LogP contribution is 2.31. The van der Waals surface area contributed by atoms with E-state index in [1.165, 1.54) is 5.56 Å². The minimum Gasteiger partial charge on any atom is -0.508 e. The lowest BCUT2D eigenvalue weighted by atomic mass is 9.88. The van der Waals surface area contributed by atoms with E-state index in [-0.39, 0.29) is 5.54 Å². The van der Waals surface area contributed by atoms with E-state index in [2.05, 4.69) is 53.5 Å². The van der Waals surface area contributed by atoms with E-state index < -0.39 is 0 Å². The Morgan fingerprint density at radius 2 is 1.95 bits per heavy atom. The molecule has 2 aromatic carbocycles. The van der Waals surface area contributed by atoms with Gasteiger partial charge in [0.05, 0.1) is 5.54 Å². The molecule has 0 bridgehead atoms. The molecule has 0 spiro atoms. The van der Waals surface area contributed by atoms with Crippen LogP contribution in [-0.2, 0) is 12.1 Å². The number of nitrogens with zero attached hydrogens (tertiary/aromatic N) is 1. The van der Waals surface area contributed by atoms with Crippen molar-refractivity contribution in [1.82, 2.24) is 10.2 Å². The molecule has 2 aromatic rings. The van der Waals surface area contributed by atoms with Crippen molar-refractivity contribution in [2.45, 2.75) is 19.0 Å². The van der Waals surface area contributed by atoms with Gasteiger partial charge in [0.2, 0.25) is 0 Å². The monoisotopic (exact) mass is 282 g/mol. The maximum atomic E-state index is 9.66. The normalized spacial score (nSPS) is 23.1. The summed E-state index contributed by atoms with van der Waals surface area (Å²) in [5, 5.41) is 13.2. The van der Waals surface area contributed by atoms with E-state index in [4.69, 9.17) is 0 Å². The number of benzene rings is 2. The summed E-state index contributed by atoms with van der Waals surface area (Å²) in [4.78, 5) is 2.49. The predicted molar refractivity (Wildman–Crippen MR) is 85.2 cm³/mol. The first-order valence-electron chi connectivity index (χ1n) is 7.48. The van der Waals surface area contributed by atoms with Gasteiger partial charge in [-0.05, 0) is 30.2 Å². The third-order valence-corrected chi connectivity index (χ3v) is 4.41. The van der Waals surface area contributed by atoms with Crippen LogP contribution < -0.4 is 5.32 Å².